The van der Waals surface area contributed by atoms with Crippen LogP contribution in [0.4, 0.5) is 17.1 Å². The lowest BCUT2D eigenvalue weighted by molar-refractivity contribution is 1.14. The summed E-state index contributed by atoms with van der Waals surface area (Å²) in [4.78, 5) is 0. The van der Waals surface area contributed by atoms with Crippen molar-refractivity contribution in [3.63, 3.8) is 0 Å². The van der Waals surface area contributed by atoms with Crippen molar-refractivity contribution in [2.24, 2.45) is 0 Å². The first-order valence-corrected chi connectivity index (χ1v) is 6.08. The van der Waals surface area contributed by atoms with E-state index in [2.05, 4.69) is 27.3 Å². The predicted octanol–water partition coefficient (Wildman–Crippen LogP) is 3.23. The molecule has 0 saturated carbocycles. The average Bonchev–Trinajstić information content (AvgIpc) is 2.32. The van der Waals surface area contributed by atoms with Crippen molar-refractivity contribution in [3.8, 4) is 0 Å². The van der Waals surface area contributed by atoms with Gasteiger partial charge >= 0.3 is 0 Å². The molecule has 0 aromatic heterocycles. The molecule has 0 atom stereocenters. The number of benzene rings is 2. The van der Waals surface area contributed by atoms with Gasteiger partial charge in [-0.3, -0.25) is 0 Å². The SMILES string of the molecule is Nc1ccc(NCc2ccccc2Br)cc1N. The molecule has 0 saturated heterocycles. The number of nitrogens with one attached hydrogen (secondary N) is 1. The summed E-state index contributed by atoms with van der Waals surface area (Å²) in [6.45, 7) is 0.741. The van der Waals surface area contributed by atoms with E-state index in [0.717, 1.165) is 16.7 Å². The molecule has 4 heteroatoms. The van der Waals surface area contributed by atoms with Gasteiger partial charge in [-0.1, -0.05) is 34.1 Å². The molecule has 0 heterocycles. The van der Waals surface area contributed by atoms with E-state index in [4.69, 9.17) is 11.5 Å². The van der Waals surface area contributed by atoms with Gasteiger partial charge in [0.2, 0.25) is 0 Å². The Morgan fingerprint density at radius 2 is 1.76 bits per heavy atom. The van der Waals surface area contributed by atoms with E-state index in [1.807, 2.05) is 30.3 Å². The van der Waals surface area contributed by atoms with Crippen LogP contribution in [0.3, 0.4) is 0 Å². The third-order valence-corrected chi connectivity index (χ3v) is 3.30. The molecule has 2 aromatic carbocycles. The summed E-state index contributed by atoms with van der Waals surface area (Å²) in [5.41, 5.74) is 14.8. The topological polar surface area (TPSA) is 64.1 Å². The molecule has 5 N–H and O–H groups in total. The zero-order valence-corrected chi connectivity index (χ0v) is 10.9. The Morgan fingerprint density at radius 1 is 1.00 bits per heavy atom. The smallest absolute Gasteiger partial charge is 0.0568 e. The van der Waals surface area contributed by atoms with Crippen LogP contribution in [-0.2, 0) is 6.54 Å². The average molecular weight is 292 g/mol. The van der Waals surface area contributed by atoms with Crippen LogP contribution in [0.25, 0.3) is 0 Å². The molecule has 0 bridgehead atoms. The van der Waals surface area contributed by atoms with Crippen LogP contribution < -0.4 is 16.8 Å². The van der Waals surface area contributed by atoms with Crippen molar-refractivity contribution in [3.05, 3.63) is 52.5 Å². The van der Waals surface area contributed by atoms with Gasteiger partial charge in [0.25, 0.3) is 0 Å². The van der Waals surface area contributed by atoms with Crippen LogP contribution >= 0.6 is 15.9 Å². The maximum atomic E-state index is 5.75. The number of anilines is 3. The van der Waals surface area contributed by atoms with Crippen LogP contribution in [0, 0.1) is 0 Å². The Labute approximate surface area is 109 Å². The second-order valence-corrected chi connectivity index (χ2v) is 4.64. The Bertz CT molecular complexity index is 526. The zero-order chi connectivity index (χ0) is 12.3. The number of hydrogen-bond donors (Lipinski definition) is 3. The van der Waals surface area contributed by atoms with Gasteiger partial charge in [0.15, 0.2) is 0 Å². The second kappa shape index (κ2) is 5.10. The molecule has 0 radical (unpaired) electrons. The summed E-state index contributed by atoms with van der Waals surface area (Å²) >= 11 is 3.51. The molecule has 2 rings (SSSR count). The molecule has 88 valence electrons. The highest BCUT2D eigenvalue weighted by Crippen LogP contribution is 2.21. The van der Waals surface area contributed by atoms with Crippen molar-refractivity contribution in [2.75, 3.05) is 16.8 Å². The number of hydrogen-bond acceptors (Lipinski definition) is 3. The highest BCUT2D eigenvalue weighted by molar-refractivity contribution is 9.10. The van der Waals surface area contributed by atoms with Gasteiger partial charge in [0.05, 0.1) is 11.4 Å². The largest absolute Gasteiger partial charge is 0.397 e. The van der Waals surface area contributed by atoms with Crippen LogP contribution in [0.2, 0.25) is 0 Å². The molecule has 0 aliphatic rings. The van der Waals surface area contributed by atoms with E-state index in [0.29, 0.717) is 11.4 Å². The normalized spacial score (nSPS) is 10.2. The molecule has 2 aromatic rings. The summed E-state index contributed by atoms with van der Waals surface area (Å²) in [6.07, 6.45) is 0. The van der Waals surface area contributed by atoms with Gasteiger partial charge in [-0.2, -0.15) is 0 Å². The monoisotopic (exact) mass is 291 g/mol. The van der Waals surface area contributed by atoms with Crippen molar-refractivity contribution < 1.29 is 0 Å². The first-order chi connectivity index (χ1) is 8.16. The minimum atomic E-state index is 0.599. The Hall–Kier alpha value is -1.68. The van der Waals surface area contributed by atoms with E-state index in [9.17, 15) is 0 Å². The summed E-state index contributed by atoms with van der Waals surface area (Å²) < 4.78 is 1.09. The molecular weight excluding hydrogens is 278 g/mol. The second-order valence-electron chi connectivity index (χ2n) is 3.79. The predicted molar refractivity (Wildman–Crippen MR) is 76.7 cm³/mol. The summed E-state index contributed by atoms with van der Waals surface area (Å²) in [5.74, 6) is 0. The molecule has 0 aliphatic carbocycles. The van der Waals surface area contributed by atoms with Crippen molar-refractivity contribution in [1.82, 2.24) is 0 Å². The molecule has 0 amide bonds. The highest BCUT2D eigenvalue weighted by atomic mass is 79.9. The third kappa shape index (κ3) is 2.91. The fourth-order valence-electron chi connectivity index (χ4n) is 1.52. The van der Waals surface area contributed by atoms with Crippen LogP contribution in [0.1, 0.15) is 5.56 Å². The Balaban J connectivity index is 2.08. The van der Waals surface area contributed by atoms with Crippen LogP contribution in [0.15, 0.2) is 46.9 Å². The van der Waals surface area contributed by atoms with Gasteiger partial charge in [-0.25, -0.2) is 0 Å². The number of nitrogens with two attached hydrogens (primary N) is 2. The number of nitrogen functional groups attached to an aromatic ring is 2. The molecular formula is C13H14BrN3. The quantitative estimate of drug-likeness (QED) is 0.761. The minimum Gasteiger partial charge on any atom is -0.397 e. The van der Waals surface area contributed by atoms with E-state index in [1.54, 1.807) is 6.07 Å². The van der Waals surface area contributed by atoms with Gasteiger partial charge in [0.1, 0.15) is 0 Å². The molecule has 17 heavy (non-hydrogen) atoms. The van der Waals surface area contributed by atoms with Gasteiger partial charge in [-0.05, 0) is 29.8 Å². The first kappa shape index (κ1) is 11.8. The number of halogens is 1. The summed E-state index contributed by atoms with van der Waals surface area (Å²) in [6, 6.07) is 13.7. The van der Waals surface area contributed by atoms with Gasteiger partial charge in [0, 0.05) is 16.7 Å². The maximum Gasteiger partial charge on any atom is 0.0568 e. The van der Waals surface area contributed by atoms with Gasteiger partial charge in [-0.15, -0.1) is 0 Å². The van der Waals surface area contributed by atoms with Crippen LogP contribution in [0.5, 0.6) is 0 Å². The van der Waals surface area contributed by atoms with E-state index < -0.39 is 0 Å². The molecule has 0 aliphatic heterocycles. The van der Waals surface area contributed by atoms with Crippen molar-refractivity contribution >= 4 is 33.0 Å². The molecule has 0 spiro atoms. The molecule has 3 nitrogen and oxygen atoms in total. The lowest BCUT2D eigenvalue weighted by Crippen LogP contribution is -2.02. The van der Waals surface area contributed by atoms with E-state index >= 15 is 0 Å². The fraction of sp³-hybridized carbons (Fsp3) is 0.0769. The third-order valence-electron chi connectivity index (χ3n) is 2.53. The minimum absolute atomic E-state index is 0.599. The standard InChI is InChI=1S/C13H14BrN3/c14-11-4-2-1-3-9(11)8-17-10-5-6-12(15)13(16)7-10/h1-7,17H,8,15-16H2. The Kier molecular flexibility index (Phi) is 3.54. The molecule has 0 unspecified atom stereocenters. The summed E-state index contributed by atoms with van der Waals surface area (Å²) in [7, 11) is 0. The zero-order valence-electron chi connectivity index (χ0n) is 9.28. The van der Waals surface area contributed by atoms with Gasteiger partial charge < -0.3 is 16.8 Å². The van der Waals surface area contributed by atoms with E-state index in [-0.39, 0.29) is 0 Å². The highest BCUT2D eigenvalue weighted by Gasteiger charge is 2.00. The number of rotatable bonds is 3. The lowest BCUT2D eigenvalue weighted by Gasteiger charge is -2.09. The molecule has 0 fully saturated rings. The van der Waals surface area contributed by atoms with Crippen LogP contribution in [-0.4, -0.2) is 0 Å². The van der Waals surface area contributed by atoms with E-state index in [1.165, 1.54) is 5.56 Å². The lowest BCUT2D eigenvalue weighted by atomic mass is 10.2. The first-order valence-electron chi connectivity index (χ1n) is 5.29. The van der Waals surface area contributed by atoms with Crippen molar-refractivity contribution in [2.45, 2.75) is 6.54 Å². The summed E-state index contributed by atoms with van der Waals surface area (Å²) in [5, 5.41) is 3.30. The maximum absolute atomic E-state index is 5.75. The Morgan fingerprint density at radius 3 is 2.47 bits per heavy atom. The fourth-order valence-corrected chi connectivity index (χ4v) is 1.95. The van der Waals surface area contributed by atoms with Crippen molar-refractivity contribution in [1.29, 1.82) is 0 Å².